The summed E-state index contributed by atoms with van der Waals surface area (Å²) in [5.41, 5.74) is 2.08. The largest absolute Gasteiger partial charge is 0.505 e. The fourth-order valence-corrected chi connectivity index (χ4v) is 4.63. The van der Waals surface area contributed by atoms with E-state index in [0.717, 1.165) is 19.6 Å². The number of aryl methyl sites for hydroxylation is 1. The van der Waals surface area contributed by atoms with Gasteiger partial charge in [-0.3, -0.25) is 14.0 Å². The third kappa shape index (κ3) is 4.21. The Morgan fingerprint density at radius 2 is 1.82 bits per heavy atom. The van der Waals surface area contributed by atoms with Crippen LogP contribution >= 0.6 is 0 Å². The van der Waals surface area contributed by atoms with Crippen LogP contribution in [0.15, 0.2) is 54.2 Å². The highest BCUT2D eigenvalue weighted by atomic mass is 19.1. The third-order valence-electron chi connectivity index (χ3n) is 6.42. The van der Waals surface area contributed by atoms with E-state index in [1.807, 2.05) is 6.07 Å². The number of halogens is 1. The van der Waals surface area contributed by atoms with E-state index >= 15 is 0 Å². The van der Waals surface area contributed by atoms with Crippen molar-refractivity contribution in [3.05, 3.63) is 77.0 Å². The molecule has 2 aromatic heterocycles. The summed E-state index contributed by atoms with van der Waals surface area (Å²) in [4.78, 5) is 34.6. The molecule has 1 atom stereocenters. The molecule has 1 aromatic carbocycles. The lowest BCUT2D eigenvalue weighted by Gasteiger charge is -2.26. The van der Waals surface area contributed by atoms with E-state index in [1.54, 1.807) is 41.8 Å². The van der Waals surface area contributed by atoms with Gasteiger partial charge in [-0.1, -0.05) is 32.0 Å². The highest BCUT2D eigenvalue weighted by Gasteiger charge is 2.46. The molecule has 3 aromatic rings. The van der Waals surface area contributed by atoms with Gasteiger partial charge < -0.3 is 14.9 Å². The van der Waals surface area contributed by atoms with Crippen molar-refractivity contribution in [2.45, 2.75) is 33.2 Å². The molecule has 3 heterocycles. The van der Waals surface area contributed by atoms with E-state index in [1.165, 1.54) is 17.0 Å². The van der Waals surface area contributed by atoms with Crippen LogP contribution in [0, 0.1) is 12.7 Å². The number of likely N-dealkylation sites (tertiary alicyclic amines) is 1. The Kier molecular flexibility index (Phi) is 6.79. The number of aliphatic hydroxyl groups is 1. The zero-order valence-electron chi connectivity index (χ0n) is 19.7. The summed E-state index contributed by atoms with van der Waals surface area (Å²) >= 11 is 0. The molecule has 178 valence electrons. The minimum atomic E-state index is -0.814. The summed E-state index contributed by atoms with van der Waals surface area (Å²) in [5, 5.41) is 11.4. The highest BCUT2D eigenvalue weighted by Crippen LogP contribution is 2.40. The molecule has 1 fully saturated rings. The molecule has 7 nitrogen and oxygen atoms in total. The molecule has 0 bridgehead atoms. The van der Waals surface area contributed by atoms with Gasteiger partial charge in [-0.25, -0.2) is 9.37 Å². The molecular weight excluding hydrogens is 435 g/mol. The molecule has 4 rings (SSSR count). The number of rotatable bonds is 8. The van der Waals surface area contributed by atoms with Crippen molar-refractivity contribution in [3.8, 4) is 0 Å². The summed E-state index contributed by atoms with van der Waals surface area (Å²) in [6.45, 7) is 8.80. The van der Waals surface area contributed by atoms with Crippen LogP contribution in [0.25, 0.3) is 11.4 Å². The number of pyridine rings is 1. The van der Waals surface area contributed by atoms with Gasteiger partial charge in [0.25, 0.3) is 11.7 Å². The van der Waals surface area contributed by atoms with E-state index in [9.17, 15) is 19.1 Å². The first-order chi connectivity index (χ1) is 16.4. The number of benzene rings is 1. The summed E-state index contributed by atoms with van der Waals surface area (Å²) in [6.07, 6.45) is 2.42. The predicted molar refractivity (Wildman–Crippen MR) is 128 cm³/mol. The number of aromatic nitrogens is 2. The molecule has 0 unspecified atom stereocenters. The lowest BCUT2D eigenvalue weighted by atomic mass is 9.96. The molecule has 8 heteroatoms. The molecule has 1 amide bonds. The van der Waals surface area contributed by atoms with Crippen molar-refractivity contribution in [2.75, 3.05) is 26.2 Å². The first-order valence-corrected chi connectivity index (χ1v) is 11.6. The van der Waals surface area contributed by atoms with Crippen molar-refractivity contribution in [1.82, 2.24) is 19.2 Å². The minimum Gasteiger partial charge on any atom is -0.505 e. The molecule has 1 N–H and O–H groups in total. The smallest absolute Gasteiger partial charge is 0.295 e. The number of ketones is 1. The molecule has 0 aliphatic carbocycles. The molecule has 0 spiro atoms. The summed E-state index contributed by atoms with van der Waals surface area (Å²) in [7, 11) is 0. The second-order valence-corrected chi connectivity index (χ2v) is 8.40. The Bertz CT molecular complexity index is 1240. The fourth-order valence-electron chi connectivity index (χ4n) is 4.63. The first-order valence-electron chi connectivity index (χ1n) is 11.6. The Balaban J connectivity index is 1.81. The SMILES string of the molecule is CCN(CC)CCCN1C(=O)C(=O)/C(=C(/O)c2c(C)nc3ccccn23)[C@@H]1c1ccc(F)cc1. The van der Waals surface area contributed by atoms with E-state index in [-0.39, 0.29) is 11.3 Å². The average Bonchev–Trinajstić information content (AvgIpc) is 3.30. The molecule has 1 aliphatic rings. The maximum absolute atomic E-state index is 13.7. The van der Waals surface area contributed by atoms with Crippen LogP contribution in [0.5, 0.6) is 0 Å². The average molecular weight is 465 g/mol. The van der Waals surface area contributed by atoms with Crippen LogP contribution in [0.3, 0.4) is 0 Å². The van der Waals surface area contributed by atoms with Crippen molar-refractivity contribution >= 4 is 23.1 Å². The van der Waals surface area contributed by atoms with E-state index in [2.05, 4.69) is 23.7 Å². The Labute approximate surface area is 198 Å². The molecular formula is C26H29FN4O3. The summed E-state index contributed by atoms with van der Waals surface area (Å²) < 4.78 is 15.4. The number of hydrogen-bond donors (Lipinski definition) is 1. The van der Waals surface area contributed by atoms with Crippen molar-refractivity contribution < 1.29 is 19.1 Å². The van der Waals surface area contributed by atoms with Gasteiger partial charge in [-0.15, -0.1) is 0 Å². The Hall–Kier alpha value is -3.52. The monoisotopic (exact) mass is 464 g/mol. The van der Waals surface area contributed by atoms with Gasteiger partial charge in [-0.2, -0.15) is 0 Å². The summed E-state index contributed by atoms with van der Waals surface area (Å²) in [6, 6.07) is 10.3. The van der Waals surface area contributed by atoms with Crippen LogP contribution in [-0.2, 0) is 9.59 Å². The van der Waals surface area contributed by atoms with Crippen LogP contribution in [-0.4, -0.2) is 62.2 Å². The normalized spacial score (nSPS) is 17.9. The predicted octanol–water partition coefficient (Wildman–Crippen LogP) is 3.94. The lowest BCUT2D eigenvalue weighted by molar-refractivity contribution is -0.140. The van der Waals surface area contributed by atoms with Crippen molar-refractivity contribution in [3.63, 3.8) is 0 Å². The zero-order chi connectivity index (χ0) is 24.4. The number of aliphatic hydroxyl groups excluding tert-OH is 1. The minimum absolute atomic E-state index is 0.00630. The number of carbonyl (C=O) groups excluding carboxylic acids is 2. The Morgan fingerprint density at radius 3 is 2.50 bits per heavy atom. The fraction of sp³-hybridized carbons (Fsp3) is 0.346. The second-order valence-electron chi connectivity index (χ2n) is 8.40. The zero-order valence-corrected chi connectivity index (χ0v) is 19.7. The van der Waals surface area contributed by atoms with Gasteiger partial charge in [0, 0.05) is 12.7 Å². The second kappa shape index (κ2) is 9.77. The first kappa shape index (κ1) is 23.6. The maximum Gasteiger partial charge on any atom is 0.295 e. The lowest BCUT2D eigenvalue weighted by Crippen LogP contribution is -2.33. The Morgan fingerprint density at radius 1 is 1.12 bits per heavy atom. The van der Waals surface area contributed by atoms with Gasteiger partial charge in [-0.05, 0) is 62.8 Å². The highest BCUT2D eigenvalue weighted by molar-refractivity contribution is 6.46. The third-order valence-corrected chi connectivity index (χ3v) is 6.42. The molecule has 0 radical (unpaired) electrons. The van der Waals surface area contributed by atoms with Crippen LogP contribution in [0.4, 0.5) is 4.39 Å². The van der Waals surface area contributed by atoms with E-state index in [4.69, 9.17) is 0 Å². The van der Waals surface area contributed by atoms with Gasteiger partial charge in [0.1, 0.15) is 17.2 Å². The van der Waals surface area contributed by atoms with Crippen molar-refractivity contribution in [2.24, 2.45) is 0 Å². The van der Waals surface area contributed by atoms with E-state index in [0.29, 0.717) is 35.6 Å². The topological polar surface area (TPSA) is 78.2 Å². The van der Waals surface area contributed by atoms with Gasteiger partial charge in [0.2, 0.25) is 0 Å². The van der Waals surface area contributed by atoms with Gasteiger partial charge in [0.05, 0.1) is 17.3 Å². The van der Waals surface area contributed by atoms with Crippen LogP contribution < -0.4 is 0 Å². The molecule has 34 heavy (non-hydrogen) atoms. The number of Topliss-reactive ketones (excluding diaryl/α,β-unsaturated/α-hetero) is 1. The molecule has 0 saturated carbocycles. The van der Waals surface area contributed by atoms with E-state index < -0.39 is 23.5 Å². The van der Waals surface area contributed by atoms with Crippen LogP contribution in [0.1, 0.15) is 43.3 Å². The number of imidazole rings is 1. The molecule has 1 saturated heterocycles. The number of fused-ring (bicyclic) bond motifs is 1. The van der Waals surface area contributed by atoms with Crippen molar-refractivity contribution in [1.29, 1.82) is 0 Å². The summed E-state index contributed by atoms with van der Waals surface area (Å²) in [5.74, 6) is -2.11. The van der Waals surface area contributed by atoms with Gasteiger partial charge >= 0.3 is 0 Å². The number of nitrogens with zero attached hydrogens (tertiary/aromatic N) is 4. The quantitative estimate of drug-likeness (QED) is 0.310. The number of carbonyl (C=O) groups is 2. The maximum atomic E-state index is 13.7. The molecule has 1 aliphatic heterocycles. The standard InChI is InChI=1S/C26H29FN4O3/c1-4-29(5-2)14-8-16-31-23(18-10-12-19(27)13-11-18)21(25(33)26(31)34)24(32)22-17(3)28-20-9-6-7-15-30(20)22/h6-7,9-13,15,23,32H,4-5,8,14,16H2,1-3H3/b24-21+/t23-/m0/s1. The van der Waals surface area contributed by atoms with Gasteiger partial charge in [0.15, 0.2) is 5.76 Å². The number of hydrogen-bond acceptors (Lipinski definition) is 5. The number of amides is 1. The van der Waals surface area contributed by atoms with Crippen LogP contribution in [0.2, 0.25) is 0 Å².